The smallest absolute Gasteiger partial charge is 0.311 e. The maximum Gasteiger partial charge on any atom is 0.311 e. The molecule has 4 aliphatic rings. The summed E-state index contributed by atoms with van der Waals surface area (Å²) in [6.07, 6.45) is -6.94. The van der Waals surface area contributed by atoms with Crippen molar-refractivity contribution < 1.29 is 66.9 Å². The Morgan fingerprint density at radius 3 is 1.96 bits per heavy atom. The van der Waals surface area contributed by atoms with E-state index < -0.39 is 109 Å². The van der Waals surface area contributed by atoms with Crippen LogP contribution in [-0.4, -0.2) is 141 Å². The molecule has 1 N–H and O–H groups in total. The van der Waals surface area contributed by atoms with Gasteiger partial charge in [0, 0.05) is 44.2 Å². The SMILES string of the molecule is CCC(=O)OC1C(C)OC(O[C@H]2[C@H](C)[C@@H](OC3OC(C)CC(N(C)C)C3O)[C@@H](C)C[C@@]3(CO3)C(=O)[C@H](C)[C@@H](OC(=O)CC)[C@@H](C)[C@@H](C)OC(=O)[C@@H]2C)CC1OC. The van der Waals surface area contributed by atoms with Gasteiger partial charge < -0.3 is 52.6 Å². The number of likely N-dealkylation sites (N-methyl/N-ethyl adjacent to an activating group) is 1. The molecule has 4 aliphatic heterocycles. The first-order valence-corrected chi connectivity index (χ1v) is 20.6. The number of nitrogens with zero attached hydrogens (tertiary/aromatic N) is 1. The van der Waals surface area contributed by atoms with Crippen LogP contribution in [0.25, 0.3) is 0 Å². The van der Waals surface area contributed by atoms with E-state index in [1.165, 1.54) is 7.11 Å². The molecule has 8 unspecified atom stereocenters. The van der Waals surface area contributed by atoms with Crippen molar-refractivity contribution in [3.8, 4) is 0 Å². The van der Waals surface area contributed by atoms with Gasteiger partial charge in [-0.15, -0.1) is 0 Å². The van der Waals surface area contributed by atoms with Gasteiger partial charge in [-0.05, 0) is 60.5 Å². The summed E-state index contributed by atoms with van der Waals surface area (Å²) in [6.45, 7) is 18.1. The summed E-state index contributed by atoms with van der Waals surface area (Å²) in [7, 11) is 5.32. The second-order valence-electron chi connectivity index (χ2n) is 16.9. The third-order valence-corrected chi connectivity index (χ3v) is 12.4. The number of hydrogen-bond acceptors (Lipinski definition) is 15. The first kappa shape index (κ1) is 46.4. The molecule has 0 aliphatic carbocycles. The Morgan fingerprint density at radius 1 is 0.804 bits per heavy atom. The van der Waals surface area contributed by atoms with Gasteiger partial charge >= 0.3 is 17.9 Å². The van der Waals surface area contributed by atoms with E-state index >= 15 is 0 Å². The number of aliphatic hydroxyl groups excluding tert-OH is 1. The molecule has 15 nitrogen and oxygen atoms in total. The molecule has 0 aromatic rings. The van der Waals surface area contributed by atoms with Gasteiger partial charge in [0.05, 0.1) is 42.9 Å². The lowest BCUT2D eigenvalue weighted by atomic mass is 9.76. The molecule has 4 fully saturated rings. The number of rotatable bonds is 10. The van der Waals surface area contributed by atoms with Crippen molar-refractivity contribution >= 4 is 23.7 Å². The first-order valence-electron chi connectivity index (χ1n) is 20.6. The van der Waals surface area contributed by atoms with Crippen molar-refractivity contribution in [3.63, 3.8) is 0 Å². The minimum atomic E-state index is -1.16. The Bertz CT molecular complexity index is 1340. The molecule has 4 rings (SSSR count). The number of Topliss-reactive ketones (excluding diaryl/α,β-unsaturated/α-hetero) is 1. The number of esters is 3. The molecule has 0 saturated carbocycles. The molecule has 56 heavy (non-hydrogen) atoms. The lowest BCUT2D eigenvalue weighted by Crippen LogP contribution is -2.57. The fourth-order valence-electron chi connectivity index (χ4n) is 8.72. The molecule has 0 amide bonds. The number of ketones is 1. The van der Waals surface area contributed by atoms with Gasteiger partial charge in [0.2, 0.25) is 0 Å². The van der Waals surface area contributed by atoms with E-state index in [2.05, 4.69) is 0 Å². The highest BCUT2D eigenvalue weighted by Crippen LogP contribution is 2.44. The van der Waals surface area contributed by atoms with Crippen LogP contribution in [0.5, 0.6) is 0 Å². The van der Waals surface area contributed by atoms with Gasteiger partial charge in [-0.3, -0.25) is 19.2 Å². The van der Waals surface area contributed by atoms with Crippen LogP contribution in [0.4, 0.5) is 0 Å². The predicted octanol–water partition coefficient (Wildman–Crippen LogP) is 3.83. The number of carbonyl (C=O) groups is 4. The third kappa shape index (κ3) is 10.7. The van der Waals surface area contributed by atoms with Crippen LogP contribution in [0, 0.1) is 29.6 Å². The predicted molar refractivity (Wildman–Crippen MR) is 202 cm³/mol. The summed E-state index contributed by atoms with van der Waals surface area (Å²) >= 11 is 0. The molecule has 4 saturated heterocycles. The Morgan fingerprint density at radius 2 is 1.41 bits per heavy atom. The molecule has 4 heterocycles. The number of epoxide rings is 1. The van der Waals surface area contributed by atoms with Crippen LogP contribution < -0.4 is 0 Å². The molecular formula is C41H69NO14. The molecule has 0 aromatic carbocycles. The summed E-state index contributed by atoms with van der Waals surface area (Å²) in [5.74, 6) is -4.81. The minimum absolute atomic E-state index is 0.111. The van der Waals surface area contributed by atoms with Crippen LogP contribution >= 0.6 is 0 Å². The molecular weight excluding hydrogens is 730 g/mol. The summed E-state index contributed by atoms with van der Waals surface area (Å²) in [5.41, 5.74) is -1.16. The number of hydrogen-bond donors (Lipinski definition) is 1. The maximum absolute atomic E-state index is 14.4. The van der Waals surface area contributed by atoms with E-state index in [-0.39, 0.29) is 56.2 Å². The quantitative estimate of drug-likeness (QED) is 0.191. The normalized spacial score (nSPS) is 44.2. The number of aliphatic hydroxyl groups is 1. The van der Waals surface area contributed by atoms with E-state index in [9.17, 15) is 24.3 Å². The first-order chi connectivity index (χ1) is 26.3. The summed E-state index contributed by atoms with van der Waals surface area (Å²) < 4.78 is 55.7. The van der Waals surface area contributed by atoms with E-state index in [4.69, 9.17) is 42.6 Å². The Balaban J connectivity index is 1.77. The maximum atomic E-state index is 14.4. The van der Waals surface area contributed by atoms with Gasteiger partial charge in [0.15, 0.2) is 30.1 Å². The molecule has 1 spiro atoms. The van der Waals surface area contributed by atoms with Crippen LogP contribution in [-0.2, 0) is 61.8 Å². The zero-order valence-corrected chi connectivity index (χ0v) is 35.8. The number of cyclic esters (lactones) is 1. The third-order valence-electron chi connectivity index (χ3n) is 12.4. The summed E-state index contributed by atoms with van der Waals surface area (Å²) in [6, 6.07) is -0.251. The van der Waals surface area contributed by atoms with Gasteiger partial charge in [0.25, 0.3) is 0 Å². The van der Waals surface area contributed by atoms with Crippen molar-refractivity contribution in [3.05, 3.63) is 0 Å². The average molecular weight is 800 g/mol. The standard InChI is InChI=1S/C41H69NO14/c1-14-30(43)53-35-22(5)26(9)52-39(47)25(8)36(55-32-17-29(48-13)37(27(10)51-32)54-31(44)15-2)23(6)34(20(3)18-41(19-49-41)38(46)24(35)7)56-40-33(45)28(42(11)12)16-21(4)50-40/h20-29,32-37,40,45H,14-19H2,1-13H3/t20-,21?,22-,23+,24+,25+,26+,27?,28?,29?,32?,33?,34-,35-,36-,37?,40?,41+/m0/s1. The number of methoxy groups -OCH3 is 1. The molecule has 0 radical (unpaired) electrons. The van der Waals surface area contributed by atoms with Crippen molar-refractivity contribution in [2.45, 2.75) is 181 Å². The van der Waals surface area contributed by atoms with Crippen molar-refractivity contribution in [1.82, 2.24) is 4.90 Å². The number of carbonyl (C=O) groups excluding carboxylic acids is 4. The lowest BCUT2D eigenvalue weighted by molar-refractivity contribution is -0.299. The van der Waals surface area contributed by atoms with Crippen LogP contribution in [0.1, 0.15) is 101 Å². The van der Waals surface area contributed by atoms with Crippen LogP contribution in [0.3, 0.4) is 0 Å². The van der Waals surface area contributed by atoms with Gasteiger partial charge in [-0.25, -0.2) is 0 Å². The van der Waals surface area contributed by atoms with Crippen molar-refractivity contribution in [1.29, 1.82) is 0 Å². The summed E-state index contributed by atoms with van der Waals surface area (Å²) in [5, 5.41) is 11.6. The van der Waals surface area contributed by atoms with Crippen molar-refractivity contribution in [2.24, 2.45) is 29.6 Å². The fourth-order valence-corrected chi connectivity index (χ4v) is 8.72. The Labute approximate surface area is 333 Å². The highest BCUT2D eigenvalue weighted by molar-refractivity contribution is 5.92. The topological polar surface area (TPSA) is 178 Å². The second kappa shape index (κ2) is 19.7. The zero-order chi connectivity index (χ0) is 41.8. The van der Waals surface area contributed by atoms with Gasteiger partial charge in [-0.1, -0.05) is 41.5 Å². The number of ether oxygens (including phenoxy) is 9. The largest absolute Gasteiger partial charge is 0.462 e. The average Bonchev–Trinajstić information content (AvgIpc) is 3.94. The summed E-state index contributed by atoms with van der Waals surface area (Å²) in [4.78, 5) is 55.5. The van der Waals surface area contributed by atoms with E-state index in [0.717, 1.165) is 0 Å². The molecule has 0 bridgehead atoms. The van der Waals surface area contributed by atoms with Crippen molar-refractivity contribution in [2.75, 3.05) is 27.8 Å². The zero-order valence-electron chi connectivity index (χ0n) is 35.8. The fraction of sp³-hybridized carbons (Fsp3) is 0.902. The van der Waals surface area contributed by atoms with E-state index in [0.29, 0.717) is 6.42 Å². The van der Waals surface area contributed by atoms with Gasteiger partial charge in [-0.2, -0.15) is 0 Å². The Hall–Kier alpha value is -2.24. The molecule has 18 atom stereocenters. The molecule has 15 heteroatoms. The lowest BCUT2D eigenvalue weighted by Gasteiger charge is -2.46. The monoisotopic (exact) mass is 799 g/mol. The van der Waals surface area contributed by atoms with Gasteiger partial charge in [0.1, 0.15) is 24.4 Å². The van der Waals surface area contributed by atoms with Crippen LogP contribution in [0.15, 0.2) is 0 Å². The van der Waals surface area contributed by atoms with E-state index in [1.807, 2.05) is 39.8 Å². The molecule has 322 valence electrons. The highest BCUT2D eigenvalue weighted by Gasteiger charge is 2.58. The van der Waals surface area contributed by atoms with E-state index in [1.54, 1.807) is 48.5 Å². The van der Waals surface area contributed by atoms with Crippen LogP contribution in [0.2, 0.25) is 0 Å². The highest BCUT2D eigenvalue weighted by atomic mass is 16.7. The minimum Gasteiger partial charge on any atom is -0.462 e. The Kier molecular flexibility index (Phi) is 16.3. The second-order valence-corrected chi connectivity index (χ2v) is 16.9. The molecule has 0 aromatic heterocycles.